The Labute approximate surface area is 128 Å². The van der Waals surface area contributed by atoms with Gasteiger partial charge in [-0.25, -0.2) is 0 Å². The number of benzene rings is 1. The van der Waals surface area contributed by atoms with Gasteiger partial charge in [-0.15, -0.1) is 0 Å². The first-order valence-corrected chi connectivity index (χ1v) is 6.87. The lowest BCUT2D eigenvalue weighted by molar-refractivity contribution is -0.119. The molecule has 5 nitrogen and oxygen atoms in total. The van der Waals surface area contributed by atoms with Crippen molar-refractivity contribution in [2.24, 2.45) is 5.73 Å². The number of carbonyl (C=O) groups excluding carboxylic acids is 1. The molecule has 2 aromatic rings. The first kappa shape index (κ1) is 14.1. The second-order valence-corrected chi connectivity index (χ2v) is 4.98. The molecule has 0 aliphatic carbocycles. The molecular formula is C17H15N3O2. The van der Waals surface area contributed by atoms with Crippen molar-refractivity contribution in [3.05, 3.63) is 53.9 Å². The van der Waals surface area contributed by atoms with Crippen LogP contribution in [0.2, 0.25) is 0 Å². The van der Waals surface area contributed by atoms with Crippen molar-refractivity contribution in [2.45, 2.75) is 6.04 Å². The molecular weight excluding hydrogens is 278 g/mol. The van der Waals surface area contributed by atoms with E-state index in [4.69, 9.17) is 10.5 Å². The fourth-order valence-corrected chi connectivity index (χ4v) is 2.18. The maximum atomic E-state index is 12.1. The zero-order chi connectivity index (χ0) is 15.5. The molecule has 3 rings (SSSR count). The van der Waals surface area contributed by atoms with Gasteiger partial charge >= 0.3 is 0 Å². The van der Waals surface area contributed by atoms with Crippen LogP contribution in [0.25, 0.3) is 0 Å². The van der Waals surface area contributed by atoms with E-state index in [1.54, 1.807) is 19.4 Å². The Bertz CT molecular complexity index is 762. The van der Waals surface area contributed by atoms with E-state index in [0.717, 1.165) is 11.1 Å². The fraction of sp³-hybridized carbons (Fsp3) is 0.176. The third kappa shape index (κ3) is 2.78. The van der Waals surface area contributed by atoms with Crippen LogP contribution in [-0.4, -0.2) is 30.6 Å². The van der Waals surface area contributed by atoms with Crippen LogP contribution >= 0.6 is 0 Å². The molecule has 1 aromatic carbocycles. The molecule has 2 N–H and O–H groups in total. The predicted molar refractivity (Wildman–Crippen MR) is 83.5 cm³/mol. The molecule has 1 atom stereocenters. The summed E-state index contributed by atoms with van der Waals surface area (Å²) in [6.07, 6.45) is 3.39. The summed E-state index contributed by atoms with van der Waals surface area (Å²) < 4.78 is 5.58. The standard InChI is InChI=1S/C17H15N3O2/c1-20-15-10-13(3-2-12-6-8-19-9-7-12)4-5-16(15)22-11-14(18)17(20)21/h4-10,14H,11,18H2,1H3/t14-/m0/s1. The van der Waals surface area contributed by atoms with Gasteiger partial charge in [-0.3, -0.25) is 9.78 Å². The van der Waals surface area contributed by atoms with Gasteiger partial charge in [0.15, 0.2) is 0 Å². The number of pyridine rings is 1. The van der Waals surface area contributed by atoms with Crippen LogP contribution in [0.1, 0.15) is 11.1 Å². The normalized spacial score (nSPS) is 16.9. The molecule has 110 valence electrons. The zero-order valence-corrected chi connectivity index (χ0v) is 12.1. The summed E-state index contributed by atoms with van der Waals surface area (Å²) in [5, 5.41) is 0. The minimum atomic E-state index is -0.649. The van der Waals surface area contributed by atoms with Crippen molar-refractivity contribution in [3.63, 3.8) is 0 Å². The van der Waals surface area contributed by atoms with Crippen LogP contribution < -0.4 is 15.4 Å². The molecule has 0 bridgehead atoms. The molecule has 0 spiro atoms. The first-order chi connectivity index (χ1) is 10.6. The Balaban J connectivity index is 1.94. The maximum absolute atomic E-state index is 12.1. The van der Waals surface area contributed by atoms with Gasteiger partial charge in [-0.1, -0.05) is 11.8 Å². The van der Waals surface area contributed by atoms with Crippen LogP contribution in [0.3, 0.4) is 0 Å². The average molecular weight is 293 g/mol. The lowest BCUT2D eigenvalue weighted by atomic mass is 10.1. The van der Waals surface area contributed by atoms with Crippen molar-refractivity contribution in [1.29, 1.82) is 0 Å². The summed E-state index contributed by atoms with van der Waals surface area (Å²) in [5.74, 6) is 6.60. The molecule has 0 radical (unpaired) electrons. The largest absolute Gasteiger partial charge is 0.489 e. The Hall–Kier alpha value is -2.84. The van der Waals surface area contributed by atoms with Crippen LogP contribution in [0.15, 0.2) is 42.7 Å². The molecule has 2 heterocycles. The molecule has 22 heavy (non-hydrogen) atoms. The number of nitrogens with two attached hydrogens (primary N) is 1. The van der Waals surface area contributed by atoms with Gasteiger partial charge < -0.3 is 15.4 Å². The van der Waals surface area contributed by atoms with Crippen LogP contribution in [-0.2, 0) is 4.79 Å². The fourth-order valence-electron chi connectivity index (χ4n) is 2.18. The van der Waals surface area contributed by atoms with Gasteiger partial charge in [-0.05, 0) is 30.3 Å². The highest BCUT2D eigenvalue weighted by atomic mass is 16.5. The van der Waals surface area contributed by atoms with E-state index in [9.17, 15) is 4.79 Å². The molecule has 0 saturated carbocycles. The lowest BCUT2D eigenvalue weighted by Crippen LogP contribution is -2.43. The van der Waals surface area contributed by atoms with E-state index >= 15 is 0 Å². The minimum absolute atomic E-state index is 0.169. The summed E-state index contributed by atoms with van der Waals surface area (Å²) in [6.45, 7) is 0.179. The molecule has 0 saturated heterocycles. The minimum Gasteiger partial charge on any atom is -0.489 e. The molecule has 5 heteroatoms. The monoisotopic (exact) mass is 293 g/mol. The highest BCUT2D eigenvalue weighted by Crippen LogP contribution is 2.31. The Morgan fingerprint density at radius 3 is 2.73 bits per heavy atom. The number of amides is 1. The molecule has 0 unspecified atom stereocenters. The molecule has 0 fully saturated rings. The topological polar surface area (TPSA) is 68.5 Å². The van der Waals surface area contributed by atoms with E-state index in [2.05, 4.69) is 16.8 Å². The number of carbonyl (C=O) groups is 1. The van der Waals surface area contributed by atoms with Gasteiger partial charge in [-0.2, -0.15) is 0 Å². The summed E-state index contributed by atoms with van der Waals surface area (Å²) >= 11 is 0. The third-order valence-electron chi connectivity index (χ3n) is 3.42. The van der Waals surface area contributed by atoms with Gasteiger partial charge in [0.2, 0.25) is 5.91 Å². The van der Waals surface area contributed by atoms with E-state index in [1.165, 1.54) is 4.90 Å². The van der Waals surface area contributed by atoms with E-state index in [1.807, 2.05) is 30.3 Å². The van der Waals surface area contributed by atoms with Crippen LogP contribution in [0, 0.1) is 11.8 Å². The predicted octanol–water partition coefficient (Wildman–Crippen LogP) is 1.16. The molecule has 1 aliphatic heterocycles. The summed E-state index contributed by atoms with van der Waals surface area (Å²) in [6, 6.07) is 8.54. The Morgan fingerprint density at radius 2 is 1.95 bits per heavy atom. The number of hydrogen-bond acceptors (Lipinski definition) is 4. The molecule has 1 aromatic heterocycles. The zero-order valence-electron chi connectivity index (χ0n) is 12.1. The smallest absolute Gasteiger partial charge is 0.247 e. The summed E-state index contributed by atoms with van der Waals surface area (Å²) in [4.78, 5) is 17.5. The van der Waals surface area contributed by atoms with Crippen molar-refractivity contribution >= 4 is 11.6 Å². The summed E-state index contributed by atoms with van der Waals surface area (Å²) in [7, 11) is 1.69. The molecule has 1 amide bonds. The van der Waals surface area contributed by atoms with Crippen LogP contribution in [0.5, 0.6) is 5.75 Å². The Kier molecular flexibility index (Phi) is 3.77. The number of hydrogen-bond donors (Lipinski definition) is 1. The number of anilines is 1. The van der Waals surface area contributed by atoms with Crippen molar-refractivity contribution in [1.82, 2.24) is 4.98 Å². The van der Waals surface area contributed by atoms with Gasteiger partial charge in [0.05, 0.1) is 5.69 Å². The second-order valence-electron chi connectivity index (χ2n) is 4.98. The number of fused-ring (bicyclic) bond motifs is 1. The van der Waals surface area contributed by atoms with Crippen molar-refractivity contribution < 1.29 is 9.53 Å². The number of likely N-dealkylation sites (N-methyl/N-ethyl adjacent to an activating group) is 1. The second kappa shape index (κ2) is 5.88. The highest BCUT2D eigenvalue weighted by Gasteiger charge is 2.26. The highest BCUT2D eigenvalue weighted by molar-refractivity contribution is 5.98. The van der Waals surface area contributed by atoms with Crippen molar-refractivity contribution in [3.8, 4) is 17.6 Å². The Morgan fingerprint density at radius 1 is 1.23 bits per heavy atom. The number of nitrogens with zero attached hydrogens (tertiary/aromatic N) is 2. The maximum Gasteiger partial charge on any atom is 0.247 e. The first-order valence-electron chi connectivity index (χ1n) is 6.87. The molecule has 1 aliphatic rings. The number of aromatic nitrogens is 1. The van der Waals surface area contributed by atoms with E-state index in [0.29, 0.717) is 11.4 Å². The van der Waals surface area contributed by atoms with E-state index in [-0.39, 0.29) is 12.5 Å². The van der Waals surface area contributed by atoms with E-state index < -0.39 is 6.04 Å². The number of ether oxygens (including phenoxy) is 1. The third-order valence-corrected chi connectivity index (χ3v) is 3.42. The SMILES string of the molecule is CN1C(=O)[C@@H](N)COc2ccc(C#Cc3ccncc3)cc21. The lowest BCUT2D eigenvalue weighted by Gasteiger charge is -2.17. The van der Waals surface area contributed by atoms with Crippen LogP contribution in [0.4, 0.5) is 5.69 Å². The van der Waals surface area contributed by atoms with Gasteiger partial charge in [0, 0.05) is 30.6 Å². The van der Waals surface area contributed by atoms with Gasteiger partial charge in [0.25, 0.3) is 0 Å². The van der Waals surface area contributed by atoms with Crippen molar-refractivity contribution in [2.75, 3.05) is 18.6 Å². The summed E-state index contributed by atoms with van der Waals surface area (Å²) in [5.41, 5.74) is 8.13. The quantitative estimate of drug-likeness (QED) is 0.740. The average Bonchev–Trinajstić information content (AvgIpc) is 2.66. The number of rotatable bonds is 0. The van der Waals surface area contributed by atoms with Gasteiger partial charge in [0.1, 0.15) is 18.4 Å².